The molecule has 0 radical (unpaired) electrons. The van der Waals surface area contributed by atoms with E-state index in [1.165, 1.54) is 0 Å². The van der Waals surface area contributed by atoms with Crippen molar-refractivity contribution in [2.45, 2.75) is 38.1 Å². The van der Waals surface area contributed by atoms with Crippen molar-refractivity contribution in [3.05, 3.63) is 0 Å². The minimum Gasteiger partial charge on any atom is -0.342 e. The molecule has 4 nitrogen and oxygen atoms in total. The van der Waals surface area contributed by atoms with Crippen LogP contribution in [0.15, 0.2) is 0 Å². The fourth-order valence-electron chi connectivity index (χ4n) is 3.18. The summed E-state index contributed by atoms with van der Waals surface area (Å²) in [5.74, 6) is 3.59. The smallest absolute Gasteiger partial charge is 0.225 e. The summed E-state index contributed by atoms with van der Waals surface area (Å²) in [6, 6.07) is 0.286. The van der Waals surface area contributed by atoms with Crippen molar-refractivity contribution in [3.8, 4) is 12.3 Å². The van der Waals surface area contributed by atoms with Gasteiger partial charge in [-0.1, -0.05) is 0 Å². The molecule has 2 saturated heterocycles. The summed E-state index contributed by atoms with van der Waals surface area (Å²) in [6.45, 7) is 2.30. The van der Waals surface area contributed by atoms with Gasteiger partial charge in [0, 0.05) is 43.9 Å². The van der Waals surface area contributed by atoms with E-state index in [1.54, 1.807) is 0 Å². The molecule has 3 aliphatic rings. The Morgan fingerprint density at radius 1 is 1.21 bits per heavy atom. The number of hydrogen-bond donors (Lipinski definition) is 0. The number of amides is 2. The third-order valence-corrected chi connectivity index (χ3v) is 4.54. The Kier molecular flexibility index (Phi) is 3.22. The van der Waals surface area contributed by atoms with Crippen LogP contribution in [0.3, 0.4) is 0 Å². The zero-order valence-electron chi connectivity index (χ0n) is 11.2. The predicted molar refractivity (Wildman–Crippen MR) is 71.0 cm³/mol. The van der Waals surface area contributed by atoms with Crippen molar-refractivity contribution < 1.29 is 9.59 Å². The minimum absolute atomic E-state index is 0.0821. The summed E-state index contributed by atoms with van der Waals surface area (Å²) in [5, 5.41) is 0. The predicted octanol–water partition coefficient (Wildman–Crippen LogP) is 0.869. The van der Waals surface area contributed by atoms with Gasteiger partial charge in [0.1, 0.15) is 0 Å². The highest BCUT2D eigenvalue weighted by molar-refractivity contribution is 5.81. The fourth-order valence-corrected chi connectivity index (χ4v) is 3.18. The summed E-state index contributed by atoms with van der Waals surface area (Å²) in [4.78, 5) is 27.8. The molecule has 0 aromatic carbocycles. The summed E-state index contributed by atoms with van der Waals surface area (Å²) >= 11 is 0. The van der Waals surface area contributed by atoms with Gasteiger partial charge < -0.3 is 9.80 Å². The van der Waals surface area contributed by atoms with Crippen LogP contribution in [-0.2, 0) is 9.59 Å². The van der Waals surface area contributed by atoms with Gasteiger partial charge in [-0.2, -0.15) is 0 Å². The van der Waals surface area contributed by atoms with Gasteiger partial charge in [-0.15, -0.1) is 12.3 Å². The molecular formula is C15H20N2O2. The Morgan fingerprint density at radius 3 is 2.42 bits per heavy atom. The van der Waals surface area contributed by atoms with Crippen molar-refractivity contribution in [2.75, 3.05) is 19.6 Å². The maximum atomic E-state index is 12.0. The monoisotopic (exact) mass is 260 g/mol. The highest BCUT2D eigenvalue weighted by Gasteiger charge is 2.38. The third kappa shape index (κ3) is 2.47. The molecule has 0 aromatic heterocycles. The van der Waals surface area contributed by atoms with E-state index in [0.29, 0.717) is 24.8 Å². The van der Waals surface area contributed by atoms with Gasteiger partial charge in [0.25, 0.3) is 0 Å². The van der Waals surface area contributed by atoms with Crippen LogP contribution in [0.1, 0.15) is 32.1 Å². The van der Waals surface area contributed by atoms with Crippen molar-refractivity contribution in [3.63, 3.8) is 0 Å². The average Bonchev–Trinajstić information content (AvgIpc) is 3.21. The first-order valence-electron chi connectivity index (χ1n) is 7.23. The number of piperidine rings is 1. The molecule has 1 unspecified atom stereocenters. The molecule has 2 amide bonds. The average molecular weight is 260 g/mol. The van der Waals surface area contributed by atoms with Gasteiger partial charge in [0.2, 0.25) is 11.8 Å². The SMILES string of the molecule is C#CC1CC(=O)N(C2CCN(C(=O)C3CC3)CC2)C1. The molecular weight excluding hydrogens is 240 g/mol. The van der Waals surface area contributed by atoms with E-state index in [4.69, 9.17) is 6.42 Å². The normalized spacial score (nSPS) is 28.6. The van der Waals surface area contributed by atoms with Crippen molar-refractivity contribution in [2.24, 2.45) is 11.8 Å². The van der Waals surface area contributed by atoms with E-state index in [0.717, 1.165) is 38.8 Å². The lowest BCUT2D eigenvalue weighted by atomic mass is 10.0. The first-order chi connectivity index (χ1) is 9.19. The molecule has 1 aliphatic carbocycles. The summed E-state index contributed by atoms with van der Waals surface area (Å²) in [6.07, 6.45) is 9.84. The quantitative estimate of drug-likeness (QED) is 0.691. The zero-order chi connectivity index (χ0) is 13.4. The van der Waals surface area contributed by atoms with Gasteiger partial charge in [0.05, 0.1) is 0 Å². The van der Waals surface area contributed by atoms with Crippen LogP contribution in [-0.4, -0.2) is 47.3 Å². The molecule has 2 aliphatic heterocycles. The number of rotatable bonds is 2. The topological polar surface area (TPSA) is 40.6 Å². The minimum atomic E-state index is 0.0821. The van der Waals surface area contributed by atoms with Gasteiger partial charge in [-0.05, 0) is 25.7 Å². The van der Waals surface area contributed by atoms with Crippen LogP contribution in [0.4, 0.5) is 0 Å². The van der Waals surface area contributed by atoms with Crippen LogP contribution in [0.2, 0.25) is 0 Å². The Hall–Kier alpha value is -1.50. The Labute approximate surface area is 114 Å². The van der Waals surface area contributed by atoms with E-state index < -0.39 is 0 Å². The summed E-state index contributed by atoms with van der Waals surface area (Å²) in [5.41, 5.74) is 0. The highest BCUT2D eigenvalue weighted by Crippen LogP contribution is 2.32. The number of likely N-dealkylation sites (tertiary alicyclic amines) is 2. The third-order valence-electron chi connectivity index (χ3n) is 4.54. The molecule has 1 saturated carbocycles. The summed E-state index contributed by atoms with van der Waals surface area (Å²) in [7, 11) is 0. The second-order valence-corrected chi connectivity index (χ2v) is 5.94. The van der Waals surface area contributed by atoms with E-state index >= 15 is 0 Å². The van der Waals surface area contributed by atoms with Crippen LogP contribution in [0.25, 0.3) is 0 Å². The molecule has 19 heavy (non-hydrogen) atoms. The Morgan fingerprint density at radius 2 is 1.89 bits per heavy atom. The number of hydrogen-bond acceptors (Lipinski definition) is 2. The molecule has 3 rings (SSSR count). The molecule has 4 heteroatoms. The van der Waals surface area contributed by atoms with Crippen LogP contribution >= 0.6 is 0 Å². The molecule has 102 valence electrons. The van der Waals surface area contributed by atoms with Crippen molar-refractivity contribution >= 4 is 11.8 Å². The van der Waals surface area contributed by atoms with E-state index in [2.05, 4.69) is 5.92 Å². The lowest BCUT2D eigenvalue weighted by Crippen LogP contribution is -2.47. The Bertz CT molecular complexity index is 428. The van der Waals surface area contributed by atoms with E-state index in [9.17, 15) is 9.59 Å². The van der Waals surface area contributed by atoms with Gasteiger partial charge >= 0.3 is 0 Å². The zero-order valence-corrected chi connectivity index (χ0v) is 11.2. The maximum absolute atomic E-state index is 12.0. The first-order valence-corrected chi connectivity index (χ1v) is 7.23. The molecule has 3 fully saturated rings. The van der Waals surface area contributed by atoms with Crippen molar-refractivity contribution in [1.82, 2.24) is 9.80 Å². The number of carbonyl (C=O) groups excluding carboxylic acids is 2. The second-order valence-electron chi connectivity index (χ2n) is 5.94. The number of carbonyl (C=O) groups is 2. The lowest BCUT2D eigenvalue weighted by molar-refractivity contribution is -0.135. The first kappa shape index (κ1) is 12.5. The second kappa shape index (κ2) is 4.88. The largest absolute Gasteiger partial charge is 0.342 e. The fraction of sp³-hybridized carbons (Fsp3) is 0.733. The van der Waals surface area contributed by atoms with Crippen LogP contribution < -0.4 is 0 Å². The van der Waals surface area contributed by atoms with Crippen LogP contribution in [0, 0.1) is 24.2 Å². The Balaban J connectivity index is 1.54. The van der Waals surface area contributed by atoms with Gasteiger partial charge in [-0.3, -0.25) is 9.59 Å². The number of terminal acetylenes is 1. The van der Waals surface area contributed by atoms with Gasteiger partial charge in [-0.25, -0.2) is 0 Å². The van der Waals surface area contributed by atoms with Gasteiger partial charge in [0.15, 0.2) is 0 Å². The molecule has 2 heterocycles. The standard InChI is InChI=1S/C15H20N2O2/c1-2-11-9-14(18)17(10-11)13-5-7-16(8-6-13)15(19)12-3-4-12/h1,11-13H,3-10H2. The number of nitrogens with zero attached hydrogens (tertiary/aromatic N) is 2. The molecule has 1 atom stereocenters. The van der Waals surface area contributed by atoms with Crippen LogP contribution in [0.5, 0.6) is 0 Å². The summed E-state index contributed by atoms with van der Waals surface area (Å²) < 4.78 is 0. The van der Waals surface area contributed by atoms with E-state index in [-0.39, 0.29) is 17.9 Å². The molecule has 0 bridgehead atoms. The lowest BCUT2D eigenvalue weighted by Gasteiger charge is -2.36. The maximum Gasteiger partial charge on any atom is 0.225 e. The molecule has 0 N–H and O–H groups in total. The van der Waals surface area contributed by atoms with Crippen molar-refractivity contribution in [1.29, 1.82) is 0 Å². The highest BCUT2D eigenvalue weighted by atomic mass is 16.2. The van der Waals surface area contributed by atoms with E-state index in [1.807, 2.05) is 9.80 Å². The molecule has 0 aromatic rings. The molecule has 0 spiro atoms.